The highest BCUT2D eigenvalue weighted by Crippen LogP contribution is 1.68. The Morgan fingerprint density at radius 3 is 3.00 bits per heavy atom. The molecule has 0 saturated heterocycles. The molecular weight excluding hydrogens is 96.0 g/mol. The van der Waals surface area contributed by atoms with Gasteiger partial charge in [-0.2, -0.15) is 4.79 Å². The second-order valence-corrected chi connectivity index (χ2v) is 0.877. The molecule has 1 radical (unpaired) electrons. The highest BCUT2D eigenvalue weighted by atomic mass is 16.2. The maximum absolute atomic E-state index is 9.98. The summed E-state index contributed by atoms with van der Waals surface area (Å²) in [6.45, 7) is 0. The lowest BCUT2D eigenvalue weighted by atomic mass is 11.1. The van der Waals surface area contributed by atoms with Crippen LogP contribution < -0.4 is 10.5 Å². The molecule has 1 rings (SSSR count). The molecule has 0 aliphatic carbocycles. The van der Waals surface area contributed by atoms with E-state index in [9.17, 15) is 4.79 Å². The molecule has 0 fully saturated rings. The standard InChI is InChI=1S/C2H2N4O/c7-2-5-3-1-4-6-2/h1H,(H,5,7)/q+1. The van der Waals surface area contributed by atoms with Gasteiger partial charge in [-0.05, 0) is 5.11 Å². The molecule has 0 bridgehead atoms. The molecule has 2 amide bonds. The number of hydrogen-bond acceptors (Lipinski definition) is 3. The lowest BCUT2D eigenvalue weighted by molar-refractivity contribution is 0.244. The summed E-state index contributed by atoms with van der Waals surface area (Å²) < 4.78 is 0. The van der Waals surface area contributed by atoms with E-state index in [4.69, 9.17) is 0 Å². The van der Waals surface area contributed by atoms with E-state index in [-0.39, 0.29) is 0 Å². The van der Waals surface area contributed by atoms with Crippen molar-refractivity contribution in [2.75, 3.05) is 0 Å². The van der Waals surface area contributed by atoms with Gasteiger partial charge in [0.1, 0.15) is 5.11 Å². The van der Waals surface area contributed by atoms with Gasteiger partial charge >= 0.3 is 6.03 Å². The summed E-state index contributed by atoms with van der Waals surface area (Å²) in [5.41, 5.74) is 2.05. The summed E-state index contributed by atoms with van der Waals surface area (Å²) in [5.74, 6) is 0. The minimum Gasteiger partial charge on any atom is -0.190 e. The minimum absolute atomic E-state index is 0.525. The number of amides is 2. The number of azo groups is 1. The van der Waals surface area contributed by atoms with Crippen molar-refractivity contribution in [1.82, 2.24) is 10.5 Å². The Morgan fingerprint density at radius 1 is 1.86 bits per heavy atom. The van der Waals surface area contributed by atoms with E-state index in [0.29, 0.717) is 0 Å². The van der Waals surface area contributed by atoms with Crippen LogP contribution in [-0.4, -0.2) is 12.4 Å². The van der Waals surface area contributed by atoms with Crippen LogP contribution in [0.4, 0.5) is 4.79 Å². The first-order valence-electron chi connectivity index (χ1n) is 1.62. The van der Waals surface area contributed by atoms with E-state index < -0.39 is 6.03 Å². The molecule has 1 aliphatic rings. The van der Waals surface area contributed by atoms with Gasteiger partial charge in [-0.25, -0.2) is 0 Å². The summed E-state index contributed by atoms with van der Waals surface area (Å²) in [4.78, 5) is 9.98. The van der Waals surface area contributed by atoms with E-state index in [1.807, 2.05) is 0 Å². The van der Waals surface area contributed by atoms with Gasteiger partial charge in [0.05, 0.1) is 0 Å². The summed E-state index contributed by atoms with van der Waals surface area (Å²) >= 11 is 0. The molecule has 0 aromatic carbocycles. The van der Waals surface area contributed by atoms with Gasteiger partial charge in [-0.3, -0.25) is 0 Å². The molecule has 5 heteroatoms. The number of rotatable bonds is 0. The number of nitrogens with one attached hydrogen (secondary N) is 1. The lowest BCUT2D eigenvalue weighted by Crippen LogP contribution is -2.22. The normalized spacial score (nSPS) is 16.9. The SMILES string of the molecule is O=C1[N+]=NC=NN1. The number of hydrazone groups is 1. The maximum atomic E-state index is 9.98. The fourth-order valence-electron chi connectivity index (χ4n) is 0.211. The molecule has 1 heterocycles. The third-order valence-electron chi connectivity index (χ3n) is 0.418. The summed E-state index contributed by atoms with van der Waals surface area (Å²) in [5, 5.41) is 9.51. The van der Waals surface area contributed by atoms with E-state index >= 15 is 0 Å². The van der Waals surface area contributed by atoms with E-state index in [0.717, 1.165) is 6.34 Å². The fraction of sp³-hybridized carbons (Fsp3) is 0. The third kappa shape index (κ3) is 0.783. The predicted octanol–water partition coefficient (Wildman–Crippen LogP) is -0.559. The van der Waals surface area contributed by atoms with E-state index in [1.54, 1.807) is 0 Å². The highest BCUT2D eigenvalue weighted by Gasteiger charge is 2.10. The van der Waals surface area contributed by atoms with Crippen LogP contribution in [0.15, 0.2) is 10.2 Å². The first-order chi connectivity index (χ1) is 3.39. The highest BCUT2D eigenvalue weighted by molar-refractivity contribution is 5.76. The van der Waals surface area contributed by atoms with Crippen molar-refractivity contribution in [2.45, 2.75) is 0 Å². The van der Waals surface area contributed by atoms with E-state index in [1.165, 1.54) is 0 Å². The van der Waals surface area contributed by atoms with Crippen LogP contribution >= 0.6 is 0 Å². The van der Waals surface area contributed by atoms with Crippen molar-refractivity contribution in [3.05, 3.63) is 0 Å². The lowest BCUT2D eigenvalue weighted by Gasteiger charge is -1.77. The Kier molecular flexibility index (Phi) is 0.816. The van der Waals surface area contributed by atoms with Crippen molar-refractivity contribution >= 4 is 12.4 Å². The minimum atomic E-state index is -0.525. The van der Waals surface area contributed by atoms with Crippen molar-refractivity contribution in [2.24, 2.45) is 10.2 Å². The largest absolute Gasteiger partial charge is 0.582 e. The molecule has 35 valence electrons. The van der Waals surface area contributed by atoms with Crippen molar-refractivity contribution in [3.8, 4) is 0 Å². The summed E-state index contributed by atoms with van der Waals surface area (Å²) in [7, 11) is 0. The van der Waals surface area contributed by atoms with Crippen LogP contribution in [0, 0.1) is 0 Å². The zero-order valence-corrected chi connectivity index (χ0v) is 3.33. The van der Waals surface area contributed by atoms with Crippen LogP contribution in [0.5, 0.6) is 0 Å². The maximum Gasteiger partial charge on any atom is 0.582 e. The second-order valence-electron chi connectivity index (χ2n) is 0.877. The molecule has 0 spiro atoms. The molecule has 0 unspecified atom stereocenters. The van der Waals surface area contributed by atoms with Crippen molar-refractivity contribution < 1.29 is 4.79 Å². The predicted molar refractivity (Wildman–Crippen MR) is 21.6 cm³/mol. The number of carbonyl (C=O) groups excluding carboxylic acids is 1. The number of hydrogen-bond donors (Lipinski definition) is 1. The van der Waals surface area contributed by atoms with E-state index in [2.05, 4.69) is 20.8 Å². The Morgan fingerprint density at radius 2 is 2.71 bits per heavy atom. The number of carbonyl (C=O) groups is 1. The zero-order chi connectivity index (χ0) is 5.11. The summed E-state index contributed by atoms with van der Waals surface area (Å²) in [6.07, 6.45) is 1.15. The Hall–Kier alpha value is -1.26. The van der Waals surface area contributed by atoms with Crippen LogP contribution in [0.25, 0.3) is 0 Å². The van der Waals surface area contributed by atoms with Gasteiger partial charge in [0.15, 0.2) is 0 Å². The van der Waals surface area contributed by atoms with Gasteiger partial charge in [-0.15, -0.1) is 5.43 Å². The Bertz CT molecular complexity index is 137. The van der Waals surface area contributed by atoms with Crippen LogP contribution in [0.2, 0.25) is 0 Å². The quantitative estimate of drug-likeness (QED) is 0.433. The topological polar surface area (TPSA) is 67.9 Å². The fourth-order valence-corrected chi connectivity index (χ4v) is 0.211. The number of urea groups is 1. The molecular formula is C2H2N4O+. The first kappa shape index (κ1) is 3.91. The number of nitrogens with zero attached hydrogens (tertiary/aromatic N) is 3. The van der Waals surface area contributed by atoms with Crippen LogP contribution in [0.3, 0.4) is 0 Å². The monoisotopic (exact) mass is 98.0 g/mol. The van der Waals surface area contributed by atoms with Gasteiger partial charge in [0.25, 0.3) is 0 Å². The molecule has 0 saturated carbocycles. The molecule has 0 aromatic rings. The Labute approximate surface area is 39.1 Å². The first-order valence-corrected chi connectivity index (χ1v) is 1.62. The molecule has 1 aliphatic heterocycles. The third-order valence-corrected chi connectivity index (χ3v) is 0.418. The van der Waals surface area contributed by atoms with Gasteiger partial charge < -0.3 is 0 Å². The van der Waals surface area contributed by atoms with Crippen LogP contribution in [-0.2, 0) is 0 Å². The second kappa shape index (κ2) is 1.46. The molecule has 0 aromatic heterocycles. The Balaban J connectivity index is 2.66. The summed E-state index contributed by atoms with van der Waals surface area (Å²) in [6, 6.07) is -0.525. The van der Waals surface area contributed by atoms with Crippen molar-refractivity contribution in [3.63, 3.8) is 0 Å². The zero-order valence-electron chi connectivity index (χ0n) is 3.33. The molecule has 1 N–H and O–H groups in total. The van der Waals surface area contributed by atoms with Gasteiger partial charge in [0, 0.05) is 0 Å². The smallest absolute Gasteiger partial charge is 0.190 e. The van der Waals surface area contributed by atoms with Gasteiger partial charge in [-0.1, -0.05) is 5.10 Å². The molecule has 0 atom stereocenters. The van der Waals surface area contributed by atoms with Crippen LogP contribution in [0.1, 0.15) is 0 Å². The van der Waals surface area contributed by atoms with Crippen molar-refractivity contribution in [1.29, 1.82) is 0 Å². The van der Waals surface area contributed by atoms with Gasteiger partial charge in [0.2, 0.25) is 6.34 Å². The average molecular weight is 98.1 g/mol. The molecule has 7 heavy (non-hydrogen) atoms. The average Bonchev–Trinajstić information content (AvgIpc) is 1.69. The molecule has 5 nitrogen and oxygen atoms in total.